The topological polar surface area (TPSA) is 110 Å². The van der Waals surface area contributed by atoms with Crippen LogP contribution in [0.2, 0.25) is 0 Å². The van der Waals surface area contributed by atoms with Gasteiger partial charge < -0.3 is 20.9 Å². The monoisotopic (exact) mass is 357 g/mol. The molecule has 0 unspecified atom stereocenters. The number of carbonyl (C=O) groups is 1. The van der Waals surface area contributed by atoms with E-state index in [-0.39, 0.29) is 12.5 Å². The van der Waals surface area contributed by atoms with Crippen molar-refractivity contribution in [3.63, 3.8) is 0 Å². The van der Waals surface area contributed by atoms with E-state index in [2.05, 4.69) is 44.0 Å². The van der Waals surface area contributed by atoms with Crippen molar-refractivity contribution in [1.29, 1.82) is 0 Å². The molecule has 140 valence electrons. The largest absolute Gasteiger partial charge is 0.403 e. The number of aromatic nitrogens is 3. The maximum atomic E-state index is 11.2. The summed E-state index contributed by atoms with van der Waals surface area (Å²) < 4.78 is 2.16. The number of nitrogens with one attached hydrogen (secondary N) is 2. The predicted molar refractivity (Wildman–Crippen MR) is 105 cm³/mol. The first-order valence-corrected chi connectivity index (χ1v) is 8.82. The van der Waals surface area contributed by atoms with E-state index in [0.29, 0.717) is 17.6 Å². The van der Waals surface area contributed by atoms with Gasteiger partial charge in [-0.15, -0.1) is 0 Å². The molecule has 0 aliphatic rings. The van der Waals surface area contributed by atoms with Crippen molar-refractivity contribution in [2.45, 2.75) is 33.2 Å². The molecule has 0 atom stereocenters. The van der Waals surface area contributed by atoms with Crippen LogP contribution in [0.4, 0.5) is 5.95 Å². The second kappa shape index (κ2) is 9.55. The first-order valence-electron chi connectivity index (χ1n) is 8.82. The van der Waals surface area contributed by atoms with E-state index in [1.807, 2.05) is 12.3 Å². The lowest BCUT2D eigenvalue weighted by Gasteiger charge is -2.14. The predicted octanol–water partition coefficient (Wildman–Crippen LogP) is 1.90. The maximum Gasteiger partial charge on any atom is 0.241 e. The average Bonchev–Trinajstić information content (AvgIpc) is 3.06. The summed E-state index contributed by atoms with van der Waals surface area (Å²) in [5.74, 6) is 0.882. The number of anilines is 1. The average molecular weight is 357 g/mol. The lowest BCUT2D eigenvalue weighted by Crippen LogP contribution is -2.20. The number of nitrogens with two attached hydrogens (primary N) is 1. The maximum absolute atomic E-state index is 11.2. The summed E-state index contributed by atoms with van der Waals surface area (Å²) in [6, 6.07) is 2.02. The zero-order valence-corrected chi connectivity index (χ0v) is 15.6. The molecule has 0 saturated carbocycles. The van der Waals surface area contributed by atoms with Gasteiger partial charge in [0.05, 0.1) is 5.70 Å². The van der Waals surface area contributed by atoms with Gasteiger partial charge >= 0.3 is 0 Å². The van der Waals surface area contributed by atoms with Gasteiger partial charge in [-0.2, -0.15) is 4.98 Å². The van der Waals surface area contributed by atoms with E-state index >= 15 is 0 Å². The van der Waals surface area contributed by atoms with Crippen molar-refractivity contribution >= 4 is 29.1 Å². The zero-order valence-electron chi connectivity index (χ0n) is 15.6. The fraction of sp³-hybridized carbons (Fsp3) is 0.444. The standard InChI is InChI=1S/C18H27N7O/c1-4-13(5-2)12-25-7-6-14-9-22-18(24-17(14)25)23-15(8-19)10-21-11-16(26)20-3/h6-10,13H,4-5,11-12,19H2,1-3H3,(H,20,26)(H,22,23,24)/b15-8+,21-10?. The number of allylic oxidation sites excluding steroid dienone is 1. The number of amides is 1. The van der Waals surface area contributed by atoms with Gasteiger partial charge in [0.15, 0.2) is 0 Å². The highest BCUT2D eigenvalue weighted by Crippen LogP contribution is 2.18. The van der Waals surface area contributed by atoms with Crippen LogP contribution in [0.25, 0.3) is 11.0 Å². The van der Waals surface area contributed by atoms with Gasteiger partial charge in [0.2, 0.25) is 11.9 Å². The highest BCUT2D eigenvalue weighted by molar-refractivity contribution is 5.86. The second-order valence-corrected chi connectivity index (χ2v) is 6.01. The van der Waals surface area contributed by atoms with E-state index in [0.717, 1.165) is 30.4 Å². The van der Waals surface area contributed by atoms with Crippen molar-refractivity contribution < 1.29 is 4.79 Å². The number of fused-ring (bicyclic) bond motifs is 1. The summed E-state index contributed by atoms with van der Waals surface area (Å²) in [4.78, 5) is 24.2. The lowest BCUT2D eigenvalue weighted by atomic mass is 10.0. The third-order valence-electron chi connectivity index (χ3n) is 4.29. The van der Waals surface area contributed by atoms with Crippen LogP contribution in [0.3, 0.4) is 0 Å². The first-order chi connectivity index (χ1) is 12.6. The van der Waals surface area contributed by atoms with Gasteiger partial charge in [-0.25, -0.2) is 4.98 Å². The Bertz CT molecular complexity index is 790. The quantitative estimate of drug-likeness (QED) is 0.594. The van der Waals surface area contributed by atoms with Crippen LogP contribution in [0.15, 0.2) is 35.3 Å². The molecule has 1 amide bonds. The van der Waals surface area contributed by atoms with Crippen molar-refractivity contribution in [3.8, 4) is 0 Å². The number of rotatable bonds is 9. The van der Waals surface area contributed by atoms with Crippen molar-refractivity contribution in [1.82, 2.24) is 19.9 Å². The van der Waals surface area contributed by atoms with E-state index in [1.54, 1.807) is 13.2 Å². The summed E-state index contributed by atoms with van der Waals surface area (Å²) in [6.45, 7) is 5.38. The van der Waals surface area contributed by atoms with E-state index in [4.69, 9.17) is 5.73 Å². The number of carbonyl (C=O) groups excluding carboxylic acids is 1. The molecule has 26 heavy (non-hydrogen) atoms. The SMILES string of the molecule is CCC(CC)Cn1ccc2cnc(N/C(C=NCC(=O)NC)=C/N)nc21. The van der Waals surface area contributed by atoms with E-state index in [1.165, 1.54) is 12.4 Å². The van der Waals surface area contributed by atoms with Crippen LogP contribution in [0.1, 0.15) is 26.7 Å². The molecule has 4 N–H and O–H groups in total. The Morgan fingerprint density at radius 1 is 1.42 bits per heavy atom. The molecule has 0 aliphatic carbocycles. The molecule has 2 heterocycles. The number of hydrogen-bond donors (Lipinski definition) is 3. The van der Waals surface area contributed by atoms with Crippen LogP contribution in [0, 0.1) is 5.92 Å². The van der Waals surface area contributed by atoms with Crippen LogP contribution in [-0.4, -0.2) is 40.2 Å². The third-order valence-corrected chi connectivity index (χ3v) is 4.29. The minimum atomic E-state index is -0.172. The fourth-order valence-electron chi connectivity index (χ4n) is 2.56. The summed E-state index contributed by atoms with van der Waals surface area (Å²) in [5.41, 5.74) is 7.02. The second-order valence-electron chi connectivity index (χ2n) is 6.01. The fourth-order valence-corrected chi connectivity index (χ4v) is 2.56. The van der Waals surface area contributed by atoms with Gasteiger partial charge in [0.1, 0.15) is 12.2 Å². The number of likely N-dealkylation sites (N-methyl/N-ethyl adjacent to an activating group) is 1. The van der Waals surface area contributed by atoms with Crippen molar-refractivity contribution in [2.75, 3.05) is 18.9 Å². The van der Waals surface area contributed by atoms with Gasteiger partial charge in [0, 0.05) is 43.8 Å². The molecule has 0 aromatic carbocycles. The normalized spacial score (nSPS) is 12.2. The Hall–Kier alpha value is -2.90. The number of hydrogen-bond acceptors (Lipinski definition) is 6. The molecular formula is C18H27N7O. The molecule has 0 aliphatic heterocycles. The Morgan fingerprint density at radius 2 is 2.19 bits per heavy atom. The molecule has 0 saturated heterocycles. The van der Waals surface area contributed by atoms with E-state index in [9.17, 15) is 4.79 Å². The Balaban J connectivity index is 2.15. The highest BCUT2D eigenvalue weighted by Gasteiger charge is 2.10. The molecule has 8 nitrogen and oxygen atoms in total. The lowest BCUT2D eigenvalue weighted by molar-refractivity contribution is -0.119. The molecule has 8 heteroatoms. The highest BCUT2D eigenvalue weighted by atomic mass is 16.1. The smallest absolute Gasteiger partial charge is 0.241 e. The molecule has 0 spiro atoms. The minimum absolute atomic E-state index is 0.0354. The molecule has 2 aromatic rings. The van der Waals surface area contributed by atoms with Gasteiger partial charge in [-0.3, -0.25) is 9.79 Å². The Kier molecular flexibility index (Phi) is 7.13. The van der Waals surface area contributed by atoms with Crippen molar-refractivity contribution in [3.05, 3.63) is 30.4 Å². The summed E-state index contributed by atoms with van der Waals surface area (Å²) in [6.07, 6.45) is 8.95. The van der Waals surface area contributed by atoms with Crippen molar-refractivity contribution in [2.24, 2.45) is 16.6 Å². The summed E-state index contributed by atoms with van der Waals surface area (Å²) in [7, 11) is 1.57. The van der Waals surface area contributed by atoms with Crippen LogP contribution in [-0.2, 0) is 11.3 Å². The minimum Gasteiger partial charge on any atom is -0.403 e. The molecule has 2 aromatic heterocycles. The molecule has 0 radical (unpaired) electrons. The molecule has 0 bridgehead atoms. The van der Waals surface area contributed by atoms with Crippen LogP contribution in [0.5, 0.6) is 0 Å². The van der Waals surface area contributed by atoms with Crippen LogP contribution >= 0.6 is 0 Å². The molecule has 0 fully saturated rings. The van der Waals surface area contributed by atoms with E-state index < -0.39 is 0 Å². The molecule has 2 rings (SSSR count). The first kappa shape index (κ1) is 19.4. The Morgan fingerprint density at radius 3 is 2.85 bits per heavy atom. The van der Waals surface area contributed by atoms with Crippen LogP contribution < -0.4 is 16.4 Å². The number of nitrogens with zero attached hydrogens (tertiary/aromatic N) is 4. The van der Waals surface area contributed by atoms with Gasteiger partial charge in [-0.1, -0.05) is 26.7 Å². The molecular weight excluding hydrogens is 330 g/mol. The summed E-state index contributed by atoms with van der Waals surface area (Å²) in [5, 5.41) is 6.53. The van der Waals surface area contributed by atoms with Gasteiger partial charge in [-0.05, 0) is 12.0 Å². The number of aliphatic imine (C=N–C) groups is 1. The zero-order chi connectivity index (χ0) is 18.9. The van der Waals surface area contributed by atoms with Gasteiger partial charge in [0.25, 0.3) is 0 Å². The summed E-state index contributed by atoms with van der Waals surface area (Å²) >= 11 is 0. The third kappa shape index (κ3) is 5.05. The Labute approximate surface area is 153 Å².